The van der Waals surface area contributed by atoms with Gasteiger partial charge in [0, 0.05) is 38.3 Å². The number of hydrogen-bond acceptors (Lipinski definition) is 4. The molecule has 3 heterocycles. The van der Waals surface area contributed by atoms with Crippen LogP contribution in [0.25, 0.3) is 0 Å². The number of nitrogens with zero attached hydrogens (tertiary/aromatic N) is 3. The van der Waals surface area contributed by atoms with Crippen LogP contribution in [0.5, 0.6) is 0 Å². The minimum Gasteiger partial charge on any atom is -0.337 e. The highest BCUT2D eigenvalue weighted by Gasteiger charge is 2.40. The van der Waals surface area contributed by atoms with Crippen molar-refractivity contribution in [2.45, 2.75) is 59.5 Å². The summed E-state index contributed by atoms with van der Waals surface area (Å²) in [5, 5.41) is 3.41. The monoisotopic (exact) mass is 528 g/mol. The summed E-state index contributed by atoms with van der Waals surface area (Å²) in [7, 11) is 0. The molecule has 1 aromatic carbocycles. The molecular weight excluding hydrogens is 488 g/mol. The summed E-state index contributed by atoms with van der Waals surface area (Å²) in [5.74, 6) is 0.853. The van der Waals surface area contributed by atoms with E-state index in [4.69, 9.17) is 0 Å². The molecule has 186 valence electrons. The Balaban J connectivity index is 0.00000324. The van der Waals surface area contributed by atoms with Crippen molar-refractivity contribution in [3.05, 3.63) is 64.4 Å². The molecule has 0 radical (unpaired) electrons. The number of piperazine rings is 1. The normalized spacial score (nSPS) is 21.1. The van der Waals surface area contributed by atoms with Crippen molar-refractivity contribution in [3.8, 4) is 0 Å². The van der Waals surface area contributed by atoms with E-state index in [0.29, 0.717) is 18.2 Å². The van der Waals surface area contributed by atoms with Crippen molar-refractivity contribution in [1.82, 2.24) is 20.1 Å². The lowest BCUT2D eigenvalue weighted by Crippen LogP contribution is -2.60. The molecular formula is C28H41BrN4O. The Kier molecular flexibility index (Phi) is 9.30. The van der Waals surface area contributed by atoms with Crippen LogP contribution in [0.15, 0.2) is 53.3 Å². The molecule has 0 spiro atoms. The molecule has 1 aromatic heterocycles. The van der Waals surface area contributed by atoms with Gasteiger partial charge in [0.25, 0.3) is 0 Å². The summed E-state index contributed by atoms with van der Waals surface area (Å²) >= 11 is 3.47. The number of hydrogen-bond donors (Lipinski definition) is 1. The summed E-state index contributed by atoms with van der Waals surface area (Å²) in [6.07, 6.45) is 4.88. The average molecular weight is 530 g/mol. The summed E-state index contributed by atoms with van der Waals surface area (Å²) in [6.45, 7) is 11.4. The highest BCUT2D eigenvalue weighted by molar-refractivity contribution is 9.10. The third kappa shape index (κ3) is 6.46. The van der Waals surface area contributed by atoms with Crippen LogP contribution >= 0.6 is 15.9 Å². The highest BCUT2D eigenvalue weighted by Crippen LogP contribution is 2.35. The SMILES string of the molecule is C.CC(C)(C)[C@H]1CN(C(c2ccccc2)c2ccc(Br)nc2)CCN1C(=O)CC1CCNCC1. The Morgan fingerprint density at radius 1 is 1.09 bits per heavy atom. The molecule has 0 saturated carbocycles. The molecule has 34 heavy (non-hydrogen) atoms. The van der Waals surface area contributed by atoms with Crippen LogP contribution in [0.1, 0.15) is 64.6 Å². The number of carbonyl (C=O) groups excluding carboxylic acids is 1. The van der Waals surface area contributed by atoms with Crippen LogP contribution in [0.2, 0.25) is 0 Å². The lowest BCUT2D eigenvalue weighted by atomic mass is 9.82. The number of halogens is 1. The summed E-state index contributed by atoms with van der Waals surface area (Å²) < 4.78 is 0.846. The Bertz CT molecular complexity index is 906. The Morgan fingerprint density at radius 2 is 1.79 bits per heavy atom. The fraction of sp³-hybridized carbons (Fsp3) is 0.571. The van der Waals surface area contributed by atoms with Gasteiger partial charge >= 0.3 is 0 Å². The van der Waals surface area contributed by atoms with Gasteiger partial charge in [-0.1, -0.05) is 64.6 Å². The van der Waals surface area contributed by atoms with Gasteiger partial charge in [-0.25, -0.2) is 4.98 Å². The van der Waals surface area contributed by atoms with E-state index in [2.05, 4.69) is 93.2 Å². The number of nitrogens with one attached hydrogen (secondary N) is 1. The third-order valence-corrected chi connectivity index (χ3v) is 7.67. The van der Waals surface area contributed by atoms with Gasteiger partial charge in [0.15, 0.2) is 0 Å². The number of piperidine rings is 1. The van der Waals surface area contributed by atoms with Gasteiger partial charge in [-0.05, 0) is 70.4 Å². The van der Waals surface area contributed by atoms with Crippen molar-refractivity contribution in [3.63, 3.8) is 0 Å². The molecule has 2 aliphatic rings. The van der Waals surface area contributed by atoms with Crippen LogP contribution in [0.4, 0.5) is 0 Å². The van der Waals surface area contributed by atoms with Gasteiger partial charge in [-0.3, -0.25) is 9.69 Å². The van der Waals surface area contributed by atoms with E-state index in [9.17, 15) is 4.79 Å². The van der Waals surface area contributed by atoms with Crippen LogP contribution in [0.3, 0.4) is 0 Å². The fourth-order valence-electron chi connectivity index (χ4n) is 5.33. The second-order valence-corrected chi connectivity index (χ2v) is 11.4. The molecule has 6 heteroatoms. The molecule has 4 rings (SSSR count). The molecule has 2 aliphatic heterocycles. The minimum absolute atomic E-state index is 0. The van der Waals surface area contributed by atoms with E-state index in [-0.39, 0.29) is 24.9 Å². The van der Waals surface area contributed by atoms with E-state index in [1.807, 2.05) is 12.3 Å². The number of rotatable bonds is 5. The van der Waals surface area contributed by atoms with Gasteiger partial charge in [0.2, 0.25) is 5.91 Å². The zero-order valence-electron chi connectivity index (χ0n) is 20.1. The first kappa shape index (κ1) is 26.8. The smallest absolute Gasteiger partial charge is 0.223 e. The Labute approximate surface area is 214 Å². The van der Waals surface area contributed by atoms with Gasteiger partial charge in [-0.15, -0.1) is 0 Å². The van der Waals surface area contributed by atoms with Crippen LogP contribution in [0, 0.1) is 11.3 Å². The van der Waals surface area contributed by atoms with Gasteiger partial charge in [0.1, 0.15) is 4.60 Å². The van der Waals surface area contributed by atoms with Crippen molar-refractivity contribution in [2.75, 3.05) is 32.7 Å². The van der Waals surface area contributed by atoms with Crippen molar-refractivity contribution in [2.24, 2.45) is 11.3 Å². The zero-order valence-corrected chi connectivity index (χ0v) is 21.7. The molecule has 1 unspecified atom stereocenters. The lowest BCUT2D eigenvalue weighted by molar-refractivity contribution is -0.141. The molecule has 1 N–H and O–H groups in total. The van der Waals surface area contributed by atoms with E-state index in [0.717, 1.165) is 50.2 Å². The summed E-state index contributed by atoms with van der Waals surface area (Å²) in [6, 6.07) is 15.2. The standard InChI is InChI=1S/C27H37BrN4O.CH4/c1-27(2,3)23-19-31(15-16-32(23)25(33)17-20-11-13-29-14-12-20)26(21-7-5-4-6-8-21)22-9-10-24(28)30-18-22;/h4-10,18,20,23,26,29H,11-17,19H2,1-3H3;1H4/t23-,26?;/m1./s1. The fourth-order valence-corrected chi connectivity index (χ4v) is 5.56. The van der Waals surface area contributed by atoms with Gasteiger partial charge in [-0.2, -0.15) is 0 Å². The maximum Gasteiger partial charge on any atom is 0.223 e. The molecule has 5 nitrogen and oxygen atoms in total. The average Bonchev–Trinajstić information content (AvgIpc) is 2.81. The third-order valence-electron chi connectivity index (χ3n) is 7.20. The lowest BCUT2D eigenvalue weighted by Gasteiger charge is -2.49. The highest BCUT2D eigenvalue weighted by atomic mass is 79.9. The van der Waals surface area contributed by atoms with E-state index in [1.54, 1.807) is 0 Å². The van der Waals surface area contributed by atoms with Gasteiger partial charge < -0.3 is 10.2 Å². The second-order valence-electron chi connectivity index (χ2n) is 10.6. The second kappa shape index (κ2) is 11.8. The molecule has 2 aromatic rings. The molecule has 2 fully saturated rings. The first-order chi connectivity index (χ1) is 15.8. The predicted molar refractivity (Wildman–Crippen MR) is 144 cm³/mol. The Hall–Kier alpha value is -1.76. The number of carbonyl (C=O) groups is 1. The Morgan fingerprint density at radius 3 is 2.41 bits per heavy atom. The van der Waals surface area contributed by atoms with E-state index in [1.165, 1.54) is 11.1 Å². The largest absolute Gasteiger partial charge is 0.337 e. The first-order valence-electron chi connectivity index (χ1n) is 12.2. The maximum absolute atomic E-state index is 13.4. The van der Waals surface area contributed by atoms with Crippen LogP contribution in [-0.2, 0) is 4.79 Å². The summed E-state index contributed by atoms with van der Waals surface area (Å²) in [4.78, 5) is 22.7. The number of benzene rings is 1. The van der Waals surface area contributed by atoms with Crippen LogP contribution < -0.4 is 5.32 Å². The zero-order chi connectivity index (χ0) is 23.4. The molecule has 0 aliphatic carbocycles. The quantitative estimate of drug-likeness (QED) is 0.519. The maximum atomic E-state index is 13.4. The van der Waals surface area contributed by atoms with E-state index >= 15 is 0 Å². The predicted octanol–water partition coefficient (Wildman–Crippen LogP) is 5.52. The topological polar surface area (TPSA) is 48.5 Å². The minimum atomic E-state index is 0. The molecule has 2 saturated heterocycles. The first-order valence-corrected chi connectivity index (χ1v) is 13.0. The van der Waals surface area contributed by atoms with Crippen molar-refractivity contribution in [1.29, 1.82) is 0 Å². The number of pyridine rings is 1. The number of amides is 1. The molecule has 0 bridgehead atoms. The van der Waals surface area contributed by atoms with E-state index < -0.39 is 0 Å². The van der Waals surface area contributed by atoms with Crippen LogP contribution in [-0.4, -0.2) is 59.5 Å². The van der Waals surface area contributed by atoms with Crippen molar-refractivity contribution < 1.29 is 4.79 Å². The number of aromatic nitrogens is 1. The summed E-state index contributed by atoms with van der Waals surface area (Å²) in [5.41, 5.74) is 2.46. The van der Waals surface area contributed by atoms with Crippen molar-refractivity contribution >= 4 is 21.8 Å². The molecule has 2 atom stereocenters. The molecule has 1 amide bonds. The van der Waals surface area contributed by atoms with Gasteiger partial charge in [0.05, 0.1) is 6.04 Å².